The Labute approximate surface area is 87.9 Å². The largest absolute Gasteiger partial charge is 0.631 e. The Balaban J connectivity index is 5.01. The first-order chi connectivity index (χ1) is 5.70. The molecule has 1 unspecified atom stereocenters. The molecule has 0 aromatic rings. The molecule has 13 heavy (non-hydrogen) atoms. The molecule has 80 valence electrons. The molecule has 0 aliphatic heterocycles. The maximum Gasteiger partial charge on any atom is 0.140 e. The third kappa shape index (κ3) is 2.20. The molecule has 0 aromatic heterocycles. The van der Waals surface area contributed by atoms with Gasteiger partial charge in [-0.1, -0.05) is 6.92 Å². The molecule has 1 atom stereocenters. The standard InChI is InChI=1S/C10H23NOS/c1-7-10(6,13)11(12,8(2)3)9(4)5/h8-9,13H,7H2,1-6H3. The minimum absolute atomic E-state index is 0.0578. The van der Waals surface area contributed by atoms with Crippen LogP contribution >= 0.6 is 12.6 Å². The van der Waals surface area contributed by atoms with Crippen molar-refractivity contribution in [2.24, 2.45) is 0 Å². The van der Waals surface area contributed by atoms with E-state index in [1.807, 2.05) is 41.5 Å². The second kappa shape index (κ2) is 4.20. The van der Waals surface area contributed by atoms with Crippen molar-refractivity contribution in [3.8, 4) is 0 Å². The molecule has 0 spiro atoms. The highest BCUT2D eigenvalue weighted by molar-refractivity contribution is 7.81. The van der Waals surface area contributed by atoms with Gasteiger partial charge in [-0.15, -0.1) is 12.6 Å². The molecule has 2 nitrogen and oxygen atoms in total. The molecule has 0 fully saturated rings. The topological polar surface area (TPSA) is 23.1 Å². The SMILES string of the molecule is CCC(C)(S)[N+]([O-])(C(C)C)C(C)C. The van der Waals surface area contributed by atoms with Crippen LogP contribution in [0.15, 0.2) is 0 Å². The van der Waals surface area contributed by atoms with E-state index < -0.39 is 4.87 Å². The van der Waals surface area contributed by atoms with Crippen molar-refractivity contribution >= 4 is 12.6 Å². The lowest BCUT2D eigenvalue weighted by atomic mass is 10.1. The van der Waals surface area contributed by atoms with E-state index in [1.54, 1.807) is 0 Å². The number of hydrogen-bond donors (Lipinski definition) is 1. The Morgan fingerprint density at radius 1 is 1.23 bits per heavy atom. The minimum Gasteiger partial charge on any atom is -0.631 e. The maximum absolute atomic E-state index is 12.6. The van der Waals surface area contributed by atoms with Crippen molar-refractivity contribution in [2.45, 2.75) is 64.9 Å². The Hall–Kier alpha value is 0.270. The number of hydroxylamine groups is 3. The van der Waals surface area contributed by atoms with E-state index >= 15 is 0 Å². The van der Waals surface area contributed by atoms with Crippen LogP contribution in [-0.2, 0) is 0 Å². The molecule has 0 saturated carbocycles. The van der Waals surface area contributed by atoms with Crippen LogP contribution in [0.1, 0.15) is 48.0 Å². The lowest BCUT2D eigenvalue weighted by Gasteiger charge is -2.59. The van der Waals surface area contributed by atoms with Crippen molar-refractivity contribution in [3.63, 3.8) is 0 Å². The average molecular weight is 205 g/mol. The van der Waals surface area contributed by atoms with Crippen LogP contribution in [0.5, 0.6) is 0 Å². The van der Waals surface area contributed by atoms with Gasteiger partial charge in [0, 0.05) is 13.3 Å². The molecule has 0 aliphatic rings. The van der Waals surface area contributed by atoms with E-state index in [0.29, 0.717) is 0 Å². The van der Waals surface area contributed by atoms with Gasteiger partial charge >= 0.3 is 0 Å². The van der Waals surface area contributed by atoms with Gasteiger partial charge in [0.1, 0.15) is 4.87 Å². The number of nitrogens with zero attached hydrogens (tertiary/aromatic N) is 1. The quantitative estimate of drug-likeness (QED) is 0.324. The molecule has 0 bridgehead atoms. The Bertz CT molecular complexity index is 158. The summed E-state index contributed by atoms with van der Waals surface area (Å²) in [6, 6.07) is 0.116. The number of hydrogen-bond acceptors (Lipinski definition) is 2. The van der Waals surface area contributed by atoms with Gasteiger partial charge in [-0.25, -0.2) is 0 Å². The Morgan fingerprint density at radius 3 is 1.62 bits per heavy atom. The lowest BCUT2D eigenvalue weighted by molar-refractivity contribution is -0.952. The molecule has 0 amide bonds. The summed E-state index contributed by atoms with van der Waals surface area (Å²) in [5, 5.41) is 12.6. The molecule has 3 heteroatoms. The number of rotatable bonds is 4. The van der Waals surface area contributed by atoms with Gasteiger partial charge in [-0.05, 0) is 27.7 Å². The van der Waals surface area contributed by atoms with Crippen molar-refractivity contribution in [2.75, 3.05) is 0 Å². The predicted molar refractivity (Wildman–Crippen MR) is 61.6 cm³/mol. The molecular formula is C10H23NOS. The van der Waals surface area contributed by atoms with Gasteiger partial charge in [0.2, 0.25) is 0 Å². The van der Waals surface area contributed by atoms with Gasteiger partial charge in [-0.3, -0.25) is 0 Å². The molecule has 0 heterocycles. The number of quaternary nitrogens is 1. The first-order valence-corrected chi connectivity index (χ1v) is 5.46. The van der Waals surface area contributed by atoms with Crippen molar-refractivity contribution in [1.29, 1.82) is 0 Å². The highest BCUT2D eigenvalue weighted by Gasteiger charge is 2.40. The van der Waals surface area contributed by atoms with E-state index in [-0.39, 0.29) is 16.7 Å². The van der Waals surface area contributed by atoms with Crippen molar-refractivity contribution in [1.82, 2.24) is 0 Å². The van der Waals surface area contributed by atoms with Crippen LogP contribution in [-0.4, -0.2) is 21.6 Å². The Morgan fingerprint density at radius 2 is 1.54 bits per heavy atom. The maximum atomic E-state index is 12.6. The normalized spacial score (nSPS) is 18.0. The van der Waals surface area contributed by atoms with Crippen LogP contribution in [0.25, 0.3) is 0 Å². The van der Waals surface area contributed by atoms with E-state index in [9.17, 15) is 5.21 Å². The zero-order valence-corrected chi connectivity index (χ0v) is 10.6. The molecule has 0 rings (SSSR count). The zero-order chi connectivity index (χ0) is 10.9. The average Bonchev–Trinajstić information content (AvgIpc) is 2.01. The van der Waals surface area contributed by atoms with Gasteiger partial charge in [0.05, 0.1) is 12.1 Å². The van der Waals surface area contributed by atoms with Crippen LogP contribution in [0, 0.1) is 5.21 Å². The molecular weight excluding hydrogens is 182 g/mol. The van der Waals surface area contributed by atoms with E-state index in [0.717, 1.165) is 6.42 Å². The molecule has 0 saturated heterocycles. The third-order valence-electron chi connectivity index (χ3n) is 2.96. The second-order valence-corrected chi connectivity index (χ2v) is 5.43. The van der Waals surface area contributed by atoms with Gasteiger partial charge in [0.25, 0.3) is 0 Å². The summed E-state index contributed by atoms with van der Waals surface area (Å²) in [7, 11) is 0. The molecule has 0 aromatic carbocycles. The Kier molecular flexibility index (Phi) is 4.28. The molecule has 0 aliphatic carbocycles. The highest BCUT2D eigenvalue weighted by atomic mass is 32.1. The van der Waals surface area contributed by atoms with Gasteiger partial charge < -0.3 is 9.85 Å². The number of thiol groups is 1. The fraction of sp³-hybridized carbons (Fsp3) is 1.00. The summed E-state index contributed by atoms with van der Waals surface area (Å²) >= 11 is 4.51. The van der Waals surface area contributed by atoms with Crippen LogP contribution in [0.3, 0.4) is 0 Å². The monoisotopic (exact) mass is 205 g/mol. The van der Waals surface area contributed by atoms with E-state index in [4.69, 9.17) is 0 Å². The fourth-order valence-corrected chi connectivity index (χ4v) is 2.42. The lowest BCUT2D eigenvalue weighted by Crippen LogP contribution is -2.63. The first-order valence-electron chi connectivity index (χ1n) is 5.02. The second-order valence-electron chi connectivity index (χ2n) is 4.47. The summed E-state index contributed by atoms with van der Waals surface area (Å²) in [4.78, 5) is -0.484. The summed E-state index contributed by atoms with van der Waals surface area (Å²) < 4.78 is -0.230. The van der Waals surface area contributed by atoms with E-state index in [2.05, 4.69) is 12.6 Å². The van der Waals surface area contributed by atoms with Crippen molar-refractivity contribution in [3.05, 3.63) is 5.21 Å². The molecule has 0 radical (unpaired) electrons. The highest BCUT2D eigenvalue weighted by Crippen LogP contribution is 2.36. The van der Waals surface area contributed by atoms with Gasteiger partial charge in [-0.2, -0.15) is 0 Å². The molecule has 0 N–H and O–H groups in total. The fourth-order valence-electron chi connectivity index (χ4n) is 1.96. The van der Waals surface area contributed by atoms with Crippen LogP contribution in [0.2, 0.25) is 0 Å². The zero-order valence-electron chi connectivity index (χ0n) is 9.66. The van der Waals surface area contributed by atoms with Crippen LogP contribution in [0.4, 0.5) is 0 Å². The predicted octanol–water partition coefficient (Wildman–Crippen LogP) is 3.17. The minimum atomic E-state index is -0.484. The summed E-state index contributed by atoms with van der Waals surface area (Å²) in [5.74, 6) is 0. The summed E-state index contributed by atoms with van der Waals surface area (Å²) in [6.07, 6.45) is 0.788. The smallest absolute Gasteiger partial charge is 0.140 e. The summed E-state index contributed by atoms with van der Waals surface area (Å²) in [6.45, 7) is 11.8. The van der Waals surface area contributed by atoms with Crippen LogP contribution < -0.4 is 0 Å². The van der Waals surface area contributed by atoms with Gasteiger partial charge in [0.15, 0.2) is 0 Å². The van der Waals surface area contributed by atoms with E-state index in [1.165, 1.54) is 0 Å². The summed E-state index contributed by atoms with van der Waals surface area (Å²) in [5.41, 5.74) is 0. The first kappa shape index (κ1) is 13.3. The van der Waals surface area contributed by atoms with Crippen molar-refractivity contribution < 1.29 is 4.65 Å². The third-order valence-corrected chi connectivity index (χ3v) is 3.59.